The molecular weight excluding hydrogens is 190 g/mol. The van der Waals surface area contributed by atoms with Gasteiger partial charge < -0.3 is 9.84 Å². The van der Waals surface area contributed by atoms with Gasteiger partial charge in [-0.1, -0.05) is 13.8 Å². The second-order valence-corrected chi connectivity index (χ2v) is 6.65. The van der Waals surface area contributed by atoms with Crippen LogP contribution in [0.1, 0.15) is 27.2 Å². The van der Waals surface area contributed by atoms with Gasteiger partial charge in [-0.2, -0.15) is 0 Å². The van der Waals surface area contributed by atoms with E-state index < -0.39 is 0 Å². The number of nitrogens with zero attached hydrogens (tertiary/aromatic N) is 1. The summed E-state index contributed by atoms with van der Waals surface area (Å²) in [5.74, 6) is 0. The van der Waals surface area contributed by atoms with Crippen LogP contribution in [0.5, 0.6) is 0 Å². The molecule has 2 atom stereocenters. The highest BCUT2D eigenvalue weighted by Gasteiger charge is 2.83. The number of aliphatic hydroxyl groups is 1. The van der Waals surface area contributed by atoms with Crippen molar-refractivity contribution in [3.8, 4) is 0 Å². The van der Waals surface area contributed by atoms with Gasteiger partial charge in [0.25, 0.3) is 0 Å². The average molecular weight is 212 g/mol. The van der Waals surface area contributed by atoms with Crippen LogP contribution in [0.4, 0.5) is 0 Å². The van der Waals surface area contributed by atoms with Crippen molar-refractivity contribution < 1.29 is 14.3 Å². The number of piperidine rings is 1. The number of hydrogen-bond donors (Lipinski definition) is 1. The minimum absolute atomic E-state index is 0.280. The van der Waals surface area contributed by atoms with Gasteiger partial charge in [-0.05, 0) is 12.3 Å². The molecule has 3 saturated heterocycles. The lowest BCUT2D eigenvalue weighted by molar-refractivity contribution is -0.866. The zero-order valence-electron chi connectivity index (χ0n) is 10.0. The van der Waals surface area contributed by atoms with Crippen LogP contribution in [-0.4, -0.2) is 48.2 Å². The smallest absolute Gasteiger partial charge is 0.181 e. The zero-order valence-corrected chi connectivity index (χ0v) is 10.0. The van der Waals surface area contributed by atoms with Crippen LogP contribution in [0.15, 0.2) is 0 Å². The van der Waals surface area contributed by atoms with E-state index in [-0.39, 0.29) is 5.54 Å². The summed E-state index contributed by atoms with van der Waals surface area (Å²) >= 11 is 0. The summed E-state index contributed by atoms with van der Waals surface area (Å²) in [6.45, 7) is 11.5. The lowest BCUT2D eigenvalue weighted by Gasteiger charge is -2.58. The molecule has 15 heavy (non-hydrogen) atoms. The molecule has 0 amide bonds. The van der Waals surface area contributed by atoms with Crippen LogP contribution >= 0.6 is 0 Å². The minimum Gasteiger partial charge on any atom is -0.380 e. The molecule has 0 aliphatic carbocycles. The van der Waals surface area contributed by atoms with Crippen LogP contribution < -0.4 is 0 Å². The van der Waals surface area contributed by atoms with E-state index in [0.717, 1.165) is 30.8 Å². The van der Waals surface area contributed by atoms with E-state index in [2.05, 4.69) is 20.8 Å². The third-order valence-corrected chi connectivity index (χ3v) is 6.01. The lowest BCUT2D eigenvalue weighted by atomic mass is 9.54. The molecule has 0 radical (unpaired) electrons. The molecule has 3 heterocycles. The van der Waals surface area contributed by atoms with Crippen LogP contribution in [0.3, 0.4) is 0 Å². The molecule has 2 unspecified atom stereocenters. The monoisotopic (exact) mass is 212 g/mol. The van der Waals surface area contributed by atoms with Crippen molar-refractivity contribution in [1.82, 2.24) is 0 Å². The first-order valence-electron chi connectivity index (χ1n) is 5.98. The first-order chi connectivity index (χ1) is 6.93. The van der Waals surface area contributed by atoms with Crippen LogP contribution in [0, 0.1) is 10.8 Å². The van der Waals surface area contributed by atoms with Crippen molar-refractivity contribution >= 4 is 0 Å². The summed E-state index contributed by atoms with van der Waals surface area (Å²) in [7, 11) is 0. The molecule has 3 heteroatoms. The fourth-order valence-corrected chi connectivity index (χ4v) is 4.23. The normalized spacial score (nSPS) is 49.6. The summed E-state index contributed by atoms with van der Waals surface area (Å²) in [4.78, 5) is 0. The number of hydrogen-bond acceptors (Lipinski definition) is 2. The average Bonchev–Trinajstić information content (AvgIpc) is 2.68. The Balaban J connectivity index is 2.02. The van der Waals surface area contributed by atoms with Gasteiger partial charge in [-0.3, -0.25) is 4.48 Å². The molecule has 3 aliphatic heterocycles. The molecule has 0 aromatic carbocycles. The third-order valence-electron chi connectivity index (χ3n) is 6.01. The Morgan fingerprint density at radius 2 is 1.93 bits per heavy atom. The Labute approximate surface area is 91.6 Å². The van der Waals surface area contributed by atoms with Gasteiger partial charge in [0.2, 0.25) is 0 Å². The van der Waals surface area contributed by atoms with Gasteiger partial charge in [-0.15, -0.1) is 0 Å². The highest BCUT2D eigenvalue weighted by Crippen LogP contribution is 2.68. The second-order valence-electron chi connectivity index (χ2n) is 6.65. The Kier molecular flexibility index (Phi) is 1.62. The van der Waals surface area contributed by atoms with Crippen LogP contribution in [0.2, 0.25) is 0 Å². The maximum absolute atomic E-state index is 9.61. The summed E-state index contributed by atoms with van der Waals surface area (Å²) < 4.78 is 6.44. The number of aliphatic hydroxyl groups excluding tert-OH is 1. The van der Waals surface area contributed by atoms with Crippen molar-refractivity contribution in [2.24, 2.45) is 10.8 Å². The van der Waals surface area contributed by atoms with Gasteiger partial charge in [0.1, 0.15) is 6.54 Å². The van der Waals surface area contributed by atoms with E-state index in [4.69, 9.17) is 4.74 Å². The molecular formula is C12H22NO2+. The fraction of sp³-hybridized carbons (Fsp3) is 1.00. The standard InChI is InChI=1S/C12H22NO2/c1-10(2)4-5-13(9-14)6-11(13,3)12(10)7-15-8-12/h14H,4-9H2,1-3H3/q+1. The Morgan fingerprint density at radius 3 is 2.40 bits per heavy atom. The molecule has 3 rings (SSSR count). The van der Waals surface area contributed by atoms with E-state index >= 15 is 0 Å². The van der Waals surface area contributed by atoms with Gasteiger partial charge >= 0.3 is 0 Å². The SMILES string of the molecule is CC1(C)CC[N+]2(CO)CC2(C)C12COC2. The minimum atomic E-state index is 0.280. The van der Waals surface area contributed by atoms with Gasteiger partial charge in [-0.25, -0.2) is 0 Å². The van der Waals surface area contributed by atoms with Crippen molar-refractivity contribution in [3.63, 3.8) is 0 Å². The molecule has 0 aromatic rings. The molecule has 3 nitrogen and oxygen atoms in total. The summed E-state index contributed by atoms with van der Waals surface area (Å²) in [6.07, 6.45) is 1.21. The van der Waals surface area contributed by atoms with E-state index in [9.17, 15) is 5.11 Å². The first kappa shape index (κ1) is 10.1. The second kappa shape index (κ2) is 2.41. The van der Waals surface area contributed by atoms with Crippen LogP contribution in [-0.2, 0) is 4.74 Å². The molecule has 0 bridgehead atoms. The maximum atomic E-state index is 9.61. The Hall–Kier alpha value is -0.120. The van der Waals surface area contributed by atoms with E-state index in [1.54, 1.807) is 0 Å². The zero-order chi connectivity index (χ0) is 10.9. The van der Waals surface area contributed by atoms with Crippen LogP contribution in [0.25, 0.3) is 0 Å². The molecule has 86 valence electrons. The first-order valence-corrected chi connectivity index (χ1v) is 5.98. The fourth-order valence-electron chi connectivity index (χ4n) is 4.23. The van der Waals surface area contributed by atoms with Crippen molar-refractivity contribution in [1.29, 1.82) is 0 Å². The van der Waals surface area contributed by atoms with Gasteiger partial charge in [0.05, 0.1) is 25.2 Å². The number of quaternary nitrogens is 1. The predicted molar refractivity (Wildman–Crippen MR) is 57.1 cm³/mol. The Bertz CT molecular complexity index is 311. The molecule has 0 saturated carbocycles. The predicted octanol–water partition coefficient (Wildman–Crippen LogP) is 0.972. The van der Waals surface area contributed by atoms with E-state index in [0.29, 0.717) is 17.6 Å². The summed E-state index contributed by atoms with van der Waals surface area (Å²) in [6, 6.07) is 0. The quantitative estimate of drug-likeness (QED) is 0.518. The molecule has 3 aliphatic rings. The van der Waals surface area contributed by atoms with E-state index in [1.165, 1.54) is 6.42 Å². The largest absolute Gasteiger partial charge is 0.380 e. The lowest BCUT2D eigenvalue weighted by Crippen LogP contribution is -2.68. The number of ether oxygens (including phenoxy) is 1. The highest BCUT2D eigenvalue weighted by molar-refractivity contribution is 5.17. The summed E-state index contributed by atoms with van der Waals surface area (Å²) in [5, 5.41) is 9.61. The van der Waals surface area contributed by atoms with Crippen molar-refractivity contribution in [3.05, 3.63) is 0 Å². The highest BCUT2D eigenvalue weighted by atomic mass is 16.5. The third kappa shape index (κ3) is 0.820. The molecule has 3 fully saturated rings. The Morgan fingerprint density at radius 1 is 1.27 bits per heavy atom. The number of fused-ring (bicyclic) bond motifs is 2. The molecule has 1 spiro atoms. The maximum Gasteiger partial charge on any atom is 0.181 e. The van der Waals surface area contributed by atoms with E-state index in [1.807, 2.05) is 0 Å². The van der Waals surface area contributed by atoms with Gasteiger partial charge in [0.15, 0.2) is 12.3 Å². The topological polar surface area (TPSA) is 29.5 Å². The molecule has 0 aromatic heterocycles. The van der Waals surface area contributed by atoms with Crippen molar-refractivity contribution in [2.45, 2.75) is 32.7 Å². The van der Waals surface area contributed by atoms with Gasteiger partial charge in [0, 0.05) is 6.42 Å². The van der Waals surface area contributed by atoms with Crippen molar-refractivity contribution in [2.75, 3.05) is 33.0 Å². The number of rotatable bonds is 1. The molecule has 1 N–H and O–H groups in total. The summed E-state index contributed by atoms with van der Waals surface area (Å²) in [5.41, 5.74) is 0.968.